The molecule has 1 aromatic carbocycles. The number of benzene rings is 1. The lowest BCUT2D eigenvalue weighted by atomic mass is 10.1. The van der Waals surface area contributed by atoms with E-state index in [9.17, 15) is 0 Å². The van der Waals surface area contributed by atoms with Crippen LogP contribution in [-0.4, -0.2) is 13.1 Å². The van der Waals surface area contributed by atoms with Gasteiger partial charge < -0.3 is 4.90 Å². The fourth-order valence-corrected chi connectivity index (χ4v) is 2.47. The fraction of sp³-hybridized carbons (Fsp3) is 0.538. The van der Waals surface area contributed by atoms with Gasteiger partial charge in [-0.3, -0.25) is 0 Å². The van der Waals surface area contributed by atoms with Gasteiger partial charge in [0.05, 0.1) is 0 Å². The van der Waals surface area contributed by atoms with Crippen LogP contribution in [0.3, 0.4) is 0 Å². The third-order valence-corrected chi connectivity index (χ3v) is 3.37. The quantitative estimate of drug-likeness (QED) is 0.690. The van der Waals surface area contributed by atoms with Crippen LogP contribution in [0.25, 0.3) is 0 Å². The van der Waals surface area contributed by atoms with Gasteiger partial charge in [0.2, 0.25) is 0 Å². The second kappa shape index (κ2) is 5.41. The summed E-state index contributed by atoms with van der Waals surface area (Å²) in [6, 6.07) is 8.51. The molecule has 0 saturated carbocycles. The van der Waals surface area contributed by atoms with Crippen molar-refractivity contribution >= 4 is 17.3 Å². The van der Waals surface area contributed by atoms with Crippen molar-refractivity contribution < 1.29 is 0 Å². The van der Waals surface area contributed by atoms with Gasteiger partial charge >= 0.3 is 0 Å². The Bertz CT molecular complexity index is 303. The van der Waals surface area contributed by atoms with E-state index in [2.05, 4.69) is 29.2 Å². The van der Waals surface area contributed by atoms with Crippen molar-refractivity contribution in [1.82, 2.24) is 0 Å². The highest BCUT2D eigenvalue weighted by atomic mass is 35.5. The molecule has 1 aliphatic rings. The highest BCUT2D eigenvalue weighted by molar-refractivity contribution is 6.17. The van der Waals surface area contributed by atoms with E-state index in [1.807, 2.05) is 0 Å². The Hall–Kier alpha value is -0.690. The molecule has 82 valence electrons. The van der Waals surface area contributed by atoms with Gasteiger partial charge in [-0.25, -0.2) is 0 Å². The summed E-state index contributed by atoms with van der Waals surface area (Å²) >= 11 is 5.97. The lowest BCUT2D eigenvalue weighted by Crippen LogP contribution is -2.24. The van der Waals surface area contributed by atoms with E-state index in [1.54, 1.807) is 0 Å². The molecule has 0 spiro atoms. The molecule has 0 radical (unpaired) electrons. The average Bonchev–Trinajstić information content (AvgIpc) is 2.57. The summed E-state index contributed by atoms with van der Waals surface area (Å²) < 4.78 is 0. The first kappa shape index (κ1) is 10.8. The van der Waals surface area contributed by atoms with Crippen LogP contribution in [0, 0.1) is 0 Å². The summed E-state index contributed by atoms with van der Waals surface area (Å²) in [5.41, 5.74) is 2.61. The van der Waals surface area contributed by atoms with Crippen LogP contribution in [0.5, 0.6) is 0 Å². The number of para-hydroxylation sites is 1. The number of hydrogen-bond acceptors (Lipinski definition) is 1. The first-order chi connectivity index (χ1) is 7.42. The van der Waals surface area contributed by atoms with E-state index >= 15 is 0 Å². The molecular weight excluding hydrogens is 206 g/mol. The van der Waals surface area contributed by atoms with Gasteiger partial charge in [0, 0.05) is 24.7 Å². The van der Waals surface area contributed by atoms with Gasteiger partial charge in [0.1, 0.15) is 0 Å². The summed E-state index contributed by atoms with van der Waals surface area (Å²) in [6.07, 6.45) is 5.38. The van der Waals surface area contributed by atoms with Crippen molar-refractivity contribution in [3.63, 3.8) is 0 Å². The van der Waals surface area contributed by atoms with E-state index in [0.29, 0.717) is 5.88 Å². The first-order valence-electron chi connectivity index (χ1n) is 5.80. The number of anilines is 1. The smallest absolute Gasteiger partial charge is 0.0494 e. The molecule has 1 fully saturated rings. The Morgan fingerprint density at radius 2 is 1.67 bits per heavy atom. The van der Waals surface area contributed by atoms with Crippen molar-refractivity contribution in [2.45, 2.75) is 31.6 Å². The standard InChI is InChI=1S/C13H18ClN/c14-11-12-7-3-4-8-13(12)15-9-5-1-2-6-10-15/h3-4,7-8H,1-2,5-6,9-11H2. The number of hydrogen-bond donors (Lipinski definition) is 0. The third-order valence-electron chi connectivity index (χ3n) is 3.08. The molecule has 0 unspecified atom stereocenters. The largest absolute Gasteiger partial charge is 0.371 e. The van der Waals surface area contributed by atoms with E-state index in [4.69, 9.17) is 11.6 Å². The summed E-state index contributed by atoms with van der Waals surface area (Å²) in [5.74, 6) is 0.618. The summed E-state index contributed by atoms with van der Waals surface area (Å²) in [7, 11) is 0. The zero-order valence-corrected chi connectivity index (χ0v) is 9.84. The van der Waals surface area contributed by atoms with E-state index < -0.39 is 0 Å². The molecule has 15 heavy (non-hydrogen) atoms. The topological polar surface area (TPSA) is 3.24 Å². The Kier molecular flexibility index (Phi) is 3.90. The molecule has 1 heterocycles. The second-order valence-corrected chi connectivity index (χ2v) is 4.43. The Labute approximate surface area is 97.0 Å². The number of nitrogens with zero attached hydrogens (tertiary/aromatic N) is 1. The summed E-state index contributed by atoms with van der Waals surface area (Å²) in [6.45, 7) is 2.38. The lowest BCUT2D eigenvalue weighted by molar-refractivity contribution is 0.726. The zero-order chi connectivity index (χ0) is 10.5. The normalized spacial score (nSPS) is 17.5. The molecule has 1 saturated heterocycles. The van der Waals surface area contributed by atoms with Crippen LogP contribution >= 0.6 is 11.6 Å². The zero-order valence-electron chi connectivity index (χ0n) is 9.08. The van der Waals surface area contributed by atoms with E-state index in [1.165, 1.54) is 50.0 Å². The summed E-state index contributed by atoms with van der Waals surface area (Å²) in [4.78, 5) is 2.49. The molecule has 0 atom stereocenters. The number of rotatable bonds is 2. The minimum atomic E-state index is 0.618. The van der Waals surface area contributed by atoms with Crippen molar-refractivity contribution in [1.29, 1.82) is 0 Å². The van der Waals surface area contributed by atoms with Crippen LogP contribution in [0.15, 0.2) is 24.3 Å². The Morgan fingerprint density at radius 3 is 2.33 bits per heavy atom. The maximum atomic E-state index is 5.97. The van der Waals surface area contributed by atoms with Gasteiger partial charge in [-0.05, 0) is 24.5 Å². The number of halogens is 1. The molecule has 0 N–H and O–H groups in total. The van der Waals surface area contributed by atoms with Gasteiger partial charge in [-0.15, -0.1) is 11.6 Å². The molecule has 2 heteroatoms. The van der Waals surface area contributed by atoms with Crippen molar-refractivity contribution in [2.75, 3.05) is 18.0 Å². The van der Waals surface area contributed by atoms with Crippen LogP contribution in [-0.2, 0) is 5.88 Å². The first-order valence-corrected chi connectivity index (χ1v) is 6.34. The SMILES string of the molecule is ClCc1ccccc1N1CCCCCC1. The second-order valence-electron chi connectivity index (χ2n) is 4.16. The van der Waals surface area contributed by atoms with Crippen LogP contribution in [0.2, 0.25) is 0 Å². The fourth-order valence-electron chi connectivity index (χ4n) is 2.24. The monoisotopic (exact) mass is 223 g/mol. The minimum Gasteiger partial charge on any atom is -0.371 e. The summed E-state index contributed by atoms with van der Waals surface area (Å²) in [5, 5.41) is 0. The van der Waals surface area contributed by atoms with Crippen LogP contribution in [0.4, 0.5) is 5.69 Å². The molecule has 0 amide bonds. The van der Waals surface area contributed by atoms with Crippen molar-refractivity contribution in [3.8, 4) is 0 Å². The lowest BCUT2D eigenvalue weighted by Gasteiger charge is -2.24. The maximum Gasteiger partial charge on any atom is 0.0494 e. The maximum absolute atomic E-state index is 5.97. The molecule has 2 rings (SSSR count). The average molecular weight is 224 g/mol. The third kappa shape index (κ3) is 2.66. The molecular formula is C13H18ClN. The predicted molar refractivity (Wildman–Crippen MR) is 66.7 cm³/mol. The van der Waals surface area contributed by atoms with Gasteiger partial charge in [0.25, 0.3) is 0 Å². The van der Waals surface area contributed by atoms with Gasteiger partial charge in [-0.2, -0.15) is 0 Å². The number of alkyl halides is 1. The molecule has 0 aromatic heterocycles. The molecule has 1 nitrogen and oxygen atoms in total. The van der Waals surface area contributed by atoms with Crippen molar-refractivity contribution in [3.05, 3.63) is 29.8 Å². The highest BCUT2D eigenvalue weighted by Gasteiger charge is 2.12. The van der Waals surface area contributed by atoms with Gasteiger partial charge in [0.15, 0.2) is 0 Å². The molecule has 0 bridgehead atoms. The van der Waals surface area contributed by atoms with Crippen molar-refractivity contribution in [2.24, 2.45) is 0 Å². The highest BCUT2D eigenvalue weighted by Crippen LogP contribution is 2.24. The minimum absolute atomic E-state index is 0.618. The predicted octanol–water partition coefficient (Wildman–Crippen LogP) is 3.81. The van der Waals surface area contributed by atoms with E-state index in [0.717, 1.165) is 0 Å². The van der Waals surface area contributed by atoms with Gasteiger partial charge in [-0.1, -0.05) is 31.0 Å². The van der Waals surface area contributed by atoms with E-state index in [-0.39, 0.29) is 0 Å². The molecule has 0 aliphatic carbocycles. The Balaban J connectivity index is 2.18. The molecule has 1 aromatic rings. The Morgan fingerprint density at radius 1 is 1.00 bits per heavy atom. The van der Waals surface area contributed by atoms with Crippen LogP contribution < -0.4 is 4.90 Å². The van der Waals surface area contributed by atoms with Crippen LogP contribution in [0.1, 0.15) is 31.2 Å². The molecule has 1 aliphatic heterocycles.